The Labute approximate surface area is 52.4 Å². The molecular weight excluding hydrogens is 121 g/mol. The number of hydroxylamine groups is 1. The summed E-state index contributed by atoms with van der Waals surface area (Å²) in [4.78, 5) is 0.106. The first-order valence-electron chi connectivity index (χ1n) is 2.67. The van der Waals surface area contributed by atoms with Crippen molar-refractivity contribution in [2.45, 2.75) is 20.3 Å². The Morgan fingerprint density at radius 2 is 2.38 bits per heavy atom. The molecular formula is C5H12NOP. The van der Waals surface area contributed by atoms with E-state index >= 15 is 0 Å². The molecule has 0 bridgehead atoms. The van der Waals surface area contributed by atoms with Crippen molar-refractivity contribution in [1.29, 1.82) is 0 Å². The average molecular weight is 133 g/mol. The molecule has 0 amide bonds. The zero-order valence-electron chi connectivity index (χ0n) is 5.27. The van der Waals surface area contributed by atoms with Crippen LogP contribution in [-0.2, 0) is 0 Å². The number of hydrogen-bond acceptors (Lipinski definition) is 1. The summed E-state index contributed by atoms with van der Waals surface area (Å²) in [7, 11) is 2.16. The van der Waals surface area contributed by atoms with Crippen LogP contribution in [0.15, 0.2) is 11.8 Å². The molecule has 48 valence electrons. The summed E-state index contributed by atoms with van der Waals surface area (Å²) >= 11 is 0. The van der Waals surface area contributed by atoms with Gasteiger partial charge in [0.2, 0.25) is 0 Å². The minimum absolute atomic E-state index is 0.106. The Balaban J connectivity index is 3.72. The van der Waals surface area contributed by atoms with Crippen LogP contribution in [0.5, 0.6) is 0 Å². The highest BCUT2D eigenvalue weighted by Gasteiger charge is 1.93. The van der Waals surface area contributed by atoms with Crippen LogP contribution in [0.25, 0.3) is 0 Å². The largest absolute Gasteiger partial charge is 0.628 e. The van der Waals surface area contributed by atoms with Crippen molar-refractivity contribution in [2.75, 3.05) is 0 Å². The Kier molecular flexibility index (Phi) is 4.06. The van der Waals surface area contributed by atoms with Crippen LogP contribution < -0.4 is 4.83 Å². The van der Waals surface area contributed by atoms with Gasteiger partial charge in [0.1, 0.15) is 5.70 Å². The van der Waals surface area contributed by atoms with Crippen molar-refractivity contribution in [3.8, 4) is 0 Å². The van der Waals surface area contributed by atoms with Gasteiger partial charge in [-0.25, -0.2) is 0 Å². The fourth-order valence-corrected chi connectivity index (χ4v) is 0.891. The van der Waals surface area contributed by atoms with Gasteiger partial charge in [-0.2, -0.15) is 0 Å². The highest BCUT2D eigenvalue weighted by atomic mass is 31.0. The molecule has 0 spiro atoms. The highest BCUT2D eigenvalue weighted by Crippen LogP contribution is 1.89. The summed E-state index contributed by atoms with van der Waals surface area (Å²) in [5.74, 6) is 0. The van der Waals surface area contributed by atoms with Gasteiger partial charge in [0.25, 0.3) is 0 Å². The van der Waals surface area contributed by atoms with Crippen molar-refractivity contribution in [3.63, 3.8) is 0 Å². The number of quaternary nitrogens is 1. The van der Waals surface area contributed by atoms with Crippen LogP contribution in [0.3, 0.4) is 0 Å². The summed E-state index contributed by atoms with van der Waals surface area (Å²) < 4.78 is 0. The third-order valence-corrected chi connectivity index (χ3v) is 1.42. The van der Waals surface area contributed by atoms with Gasteiger partial charge >= 0.3 is 0 Å². The summed E-state index contributed by atoms with van der Waals surface area (Å²) in [5.41, 5.74) is 0.884. The van der Waals surface area contributed by atoms with E-state index in [0.29, 0.717) is 0 Å². The zero-order valence-corrected chi connectivity index (χ0v) is 6.42. The maximum Gasteiger partial charge on any atom is 0.103 e. The van der Waals surface area contributed by atoms with E-state index in [-0.39, 0.29) is 4.83 Å². The topological polar surface area (TPSA) is 27.5 Å². The molecule has 8 heavy (non-hydrogen) atoms. The van der Waals surface area contributed by atoms with E-state index < -0.39 is 0 Å². The van der Waals surface area contributed by atoms with E-state index in [4.69, 9.17) is 0 Å². The van der Waals surface area contributed by atoms with E-state index in [1.54, 1.807) is 0 Å². The molecule has 2 nitrogen and oxygen atoms in total. The number of rotatable bonds is 2. The fraction of sp³-hybridized carbons (Fsp3) is 0.600. The van der Waals surface area contributed by atoms with Crippen LogP contribution in [0.1, 0.15) is 20.3 Å². The van der Waals surface area contributed by atoms with Crippen molar-refractivity contribution >= 4 is 9.39 Å². The second-order valence-electron chi connectivity index (χ2n) is 1.53. The van der Waals surface area contributed by atoms with Crippen LogP contribution in [0, 0.1) is 5.21 Å². The third-order valence-electron chi connectivity index (χ3n) is 1.05. The lowest BCUT2D eigenvalue weighted by atomic mass is 10.3. The van der Waals surface area contributed by atoms with Gasteiger partial charge in [-0.1, -0.05) is 6.92 Å². The highest BCUT2D eigenvalue weighted by molar-refractivity contribution is 7.07. The van der Waals surface area contributed by atoms with Crippen LogP contribution in [-0.4, -0.2) is 0 Å². The SMILES string of the molecule is C/C=C(/CC)[NH+]([O-])P. The molecule has 2 unspecified atom stereocenters. The van der Waals surface area contributed by atoms with E-state index in [0.717, 1.165) is 12.1 Å². The van der Waals surface area contributed by atoms with E-state index in [9.17, 15) is 5.21 Å². The van der Waals surface area contributed by atoms with E-state index in [2.05, 4.69) is 9.39 Å². The Morgan fingerprint density at radius 3 is 2.38 bits per heavy atom. The minimum atomic E-state index is 0.106. The maximum absolute atomic E-state index is 10.5. The molecule has 0 saturated heterocycles. The number of allylic oxidation sites excluding steroid dienone is 2. The molecule has 0 saturated carbocycles. The van der Waals surface area contributed by atoms with Gasteiger partial charge in [0.05, 0.1) is 9.39 Å². The van der Waals surface area contributed by atoms with Crippen LogP contribution in [0.4, 0.5) is 0 Å². The van der Waals surface area contributed by atoms with Gasteiger partial charge in [0, 0.05) is 6.42 Å². The fourth-order valence-electron chi connectivity index (χ4n) is 0.521. The molecule has 0 aliphatic rings. The molecule has 0 heterocycles. The number of nitrogens with one attached hydrogen (secondary N) is 1. The molecule has 0 radical (unpaired) electrons. The summed E-state index contributed by atoms with van der Waals surface area (Å²) in [5, 5.41) is 10.5. The standard InChI is InChI=1S/C5H12NOP/c1-3-5(4-2)6(7)8/h3,6H,4,8H2,1-2H3/b5-3-. The number of hydrogen-bond donors (Lipinski definition) is 1. The first kappa shape index (κ1) is 8.09. The zero-order chi connectivity index (χ0) is 6.57. The van der Waals surface area contributed by atoms with E-state index in [1.165, 1.54) is 0 Å². The van der Waals surface area contributed by atoms with Gasteiger partial charge < -0.3 is 10.0 Å². The molecule has 0 aromatic carbocycles. The molecule has 0 aromatic heterocycles. The summed E-state index contributed by atoms with van der Waals surface area (Å²) in [6.45, 7) is 3.85. The van der Waals surface area contributed by atoms with Gasteiger partial charge in [0.15, 0.2) is 0 Å². The van der Waals surface area contributed by atoms with Crippen molar-refractivity contribution < 1.29 is 4.83 Å². The third kappa shape index (κ3) is 2.41. The summed E-state index contributed by atoms with van der Waals surface area (Å²) in [6.07, 6.45) is 2.67. The molecule has 0 aliphatic heterocycles. The molecule has 2 atom stereocenters. The monoisotopic (exact) mass is 133 g/mol. The van der Waals surface area contributed by atoms with Gasteiger partial charge in [-0.3, -0.25) is 0 Å². The quantitative estimate of drug-likeness (QED) is 0.430. The predicted octanol–water partition coefficient (Wildman–Crippen LogP) is 0.473. The van der Waals surface area contributed by atoms with Gasteiger partial charge in [-0.15, -0.1) is 0 Å². The predicted molar refractivity (Wildman–Crippen MR) is 38.1 cm³/mol. The summed E-state index contributed by atoms with van der Waals surface area (Å²) in [6, 6.07) is 0. The smallest absolute Gasteiger partial charge is 0.103 e. The van der Waals surface area contributed by atoms with E-state index in [1.807, 2.05) is 19.9 Å². The van der Waals surface area contributed by atoms with Crippen LogP contribution in [0.2, 0.25) is 0 Å². The normalized spacial score (nSPS) is 16.2. The average Bonchev–Trinajstić information content (AvgIpc) is 1.69. The lowest BCUT2D eigenvalue weighted by molar-refractivity contribution is -0.652. The molecule has 3 heteroatoms. The molecule has 0 fully saturated rings. The van der Waals surface area contributed by atoms with Crippen molar-refractivity contribution in [3.05, 3.63) is 17.0 Å². The Hall–Kier alpha value is 0.0900. The Bertz CT molecular complexity index is 90.4. The van der Waals surface area contributed by atoms with Crippen LogP contribution >= 0.6 is 9.39 Å². The van der Waals surface area contributed by atoms with Gasteiger partial charge in [-0.05, 0) is 13.0 Å². The first-order valence-corrected chi connectivity index (χ1v) is 3.25. The maximum atomic E-state index is 10.5. The molecule has 0 rings (SSSR count). The lowest BCUT2D eigenvalue weighted by Crippen LogP contribution is -2.94. The molecule has 1 N–H and O–H groups in total. The molecule has 0 aliphatic carbocycles. The molecule has 0 aromatic rings. The van der Waals surface area contributed by atoms with Crippen molar-refractivity contribution in [1.82, 2.24) is 0 Å². The van der Waals surface area contributed by atoms with Crippen molar-refractivity contribution in [2.24, 2.45) is 0 Å². The second kappa shape index (κ2) is 4.02. The first-order chi connectivity index (χ1) is 3.72. The second-order valence-corrected chi connectivity index (χ2v) is 2.06. The minimum Gasteiger partial charge on any atom is -0.628 e. The lowest BCUT2D eigenvalue weighted by Gasteiger charge is -2.16. The Morgan fingerprint density at radius 1 is 1.88 bits per heavy atom.